The molecule has 1 amide bonds. The molecule has 0 spiro atoms. The van der Waals surface area contributed by atoms with E-state index in [9.17, 15) is 4.79 Å². The fourth-order valence-corrected chi connectivity index (χ4v) is 2.65. The summed E-state index contributed by atoms with van der Waals surface area (Å²) in [5, 5.41) is 3.01. The highest BCUT2D eigenvalue weighted by molar-refractivity contribution is 5.95. The van der Waals surface area contributed by atoms with Crippen molar-refractivity contribution in [2.24, 2.45) is 0 Å². The molecule has 1 atom stereocenters. The van der Waals surface area contributed by atoms with Crippen LogP contribution in [-0.4, -0.2) is 55.5 Å². The molecule has 0 aliphatic rings. The molecule has 1 heterocycles. The molecule has 0 unspecified atom stereocenters. The van der Waals surface area contributed by atoms with Crippen LogP contribution in [0.2, 0.25) is 0 Å². The molecule has 0 radical (unpaired) electrons. The maximum Gasteiger partial charge on any atom is 0.254 e. The Balaban J connectivity index is 2.11. The molecule has 0 saturated carbocycles. The van der Waals surface area contributed by atoms with E-state index in [0.29, 0.717) is 23.8 Å². The number of carbonyl (C=O) groups excluding carboxylic acids is 1. The zero-order valence-electron chi connectivity index (χ0n) is 15.9. The van der Waals surface area contributed by atoms with Gasteiger partial charge in [0, 0.05) is 26.8 Å². The predicted octanol–water partition coefficient (Wildman–Crippen LogP) is 2.19. The third-order valence-corrected chi connectivity index (χ3v) is 4.12. The first-order valence-corrected chi connectivity index (χ1v) is 8.31. The van der Waals surface area contributed by atoms with E-state index in [4.69, 9.17) is 0 Å². The number of aryl methyl sites for hydroxylation is 2. The molecule has 0 aliphatic heterocycles. The lowest BCUT2D eigenvalue weighted by Gasteiger charge is -2.25. The average molecular weight is 341 g/mol. The van der Waals surface area contributed by atoms with Gasteiger partial charge >= 0.3 is 0 Å². The van der Waals surface area contributed by atoms with Crippen molar-refractivity contribution in [1.29, 1.82) is 0 Å². The molecule has 1 N–H and O–H groups in total. The van der Waals surface area contributed by atoms with Gasteiger partial charge in [-0.3, -0.25) is 4.79 Å². The van der Waals surface area contributed by atoms with Crippen LogP contribution in [0.5, 0.6) is 0 Å². The number of hydrogen-bond acceptors (Lipinski definition) is 5. The molecule has 0 fully saturated rings. The molecular formula is C19H27N5O. The van der Waals surface area contributed by atoms with Crippen LogP contribution < -0.4 is 10.2 Å². The molecule has 6 nitrogen and oxygen atoms in total. The van der Waals surface area contributed by atoms with Gasteiger partial charge in [0.05, 0.1) is 17.3 Å². The van der Waals surface area contributed by atoms with Gasteiger partial charge in [0.1, 0.15) is 0 Å². The third-order valence-electron chi connectivity index (χ3n) is 4.12. The van der Waals surface area contributed by atoms with Gasteiger partial charge in [-0.15, -0.1) is 0 Å². The SMILES string of the molecule is Cc1cccc([C@H](CNC(=O)c2cnc(N(C)C)nc2C)N(C)C)c1. The normalized spacial score (nSPS) is 12.1. The Morgan fingerprint density at radius 2 is 1.92 bits per heavy atom. The number of nitrogens with zero attached hydrogens (tertiary/aromatic N) is 4. The third kappa shape index (κ3) is 4.76. The standard InChI is InChI=1S/C19H27N5O/c1-13-8-7-9-15(10-13)17(23(3)4)12-20-18(25)16-11-21-19(24(5)6)22-14(16)2/h7-11,17H,12H2,1-6H3,(H,20,25)/t17-/m0/s1. The Bertz CT molecular complexity index is 742. The number of hydrogen-bond donors (Lipinski definition) is 1. The van der Waals surface area contributed by atoms with Crippen molar-refractivity contribution in [2.75, 3.05) is 39.6 Å². The fourth-order valence-electron chi connectivity index (χ4n) is 2.65. The maximum absolute atomic E-state index is 12.5. The van der Waals surface area contributed by atoms with Gasteiger partial charge < -0.3 is 15.1 Å². The minimum Gasteiger partial charge on any atom is -0.350 e. The van der Waals surface area contributed by atoms with Crippen LogP contribution in [0, 0.1) is 13.8 Å². The van der Waals surface area contributed by atoms with Crippen LogP contribution in [0.25, 0.3) is 0 Å². The molecule has 0 saturated heterocycles. The highest BCUT2D eigenvalue weighted by Gasteiger charge is 2.18. The molecular weight excluding hydrogens is 314 g/mol. The summed E-state index contributed by atoms with van der Waals surface area (Å²) in [5.41, 5.74) is 3.57. The van der Waals surface area contributed by atoms with Crippen molar-refractivity contribution in [2.45, 2.75) is 19.9 Å². The first-order chi connectivity index (χ1) is 11.8. The van der Waals surface area contributed by atoms with Crippen molar-refractivity contribution >= 4 is 11.9 Å². The number of amides is 1. The first kappa shape index (κ1) is 18.9. The average Bonchev–Trinajstić information content (AvgIpc) is 2.54. The number of nitrogens with one attached hydrogen (secondary N) is 1. The van der Waals surface area contributed by atoms with Crippen molar-refractivity contribution in [3.8, 4) is 0 Å². The Kier molecular flexibility index (Phi) is 6.09. The Morgan fingerprint density at radius 1 is 1.20 bits per heavy atom. The Labute approximate surface area is 149 Å². The molecule has 25 heavy (non-hydrogen) atoms. The minimum atomic E-state index is -0.151. The van der Waals surface area contributed by atoms with E-state index in [-0.39, 0.29) is 11.9 Å². The van der Waals surface area contributed by atoms with Gasteiger partial charge in [0.2, 0.25) is 5.95 Å². The van der Waals surface area contributed by atoms with Crippen molar-refractivity contribution in [1.82, 2.24) is 20.2 Å². The van der Waals surface area contributed by atoms with Crippen LogP contribution >= 0.6 is 0 Å². The summed E-state index contributed by atoms with van der Waals surface area (Å²) in [5.74, 6) is 0.447. The van der Waals surface area contributed by atoms with Crippen LogP contribution in [-0.2, 0) is 0 Å². The van der Waals surface area contributed by atoms with Crippen LogP contribution in [0.4, 0.5) is 5.95 Å². The van der Waals surface area contributed by atoms with E-state index >= 15 is 0 Å². The molecule has 2 aromatic rings. The van der Waals surface area contributed by atoms with Gasteiger partial charge in [0.25, 0.3) is 5.91 Å². The minimum absolute atomic E-state index is 0.103. The molecule has 6 heteroatoms. The van der Waals surface area contributed by atoms with E-state index in [1.165, 1.54) is 11.1 Å². The summed E-state index contributed by atoms with van der Waals surface area (Å²) >= 11 is 0. The second-order valence-corrected chi connectivity index (χ2v) is 6.67. The molecule has 1 aromatic carbocycles. The van der Waals surface area contributed by atoms with Gasteiger partial charge in [-0.2, -0.15) is 0 Å². The summed E-state index contributed by atoms with van der Waals surface area (Å²) in [6.45, 7) is 4.42. The first-order valence-electron chi connectivity index (χ1n) is 8.31. The highest BCUT2D eigenvalue weighted by atomic mass is 16.1. The van der Waals surface area contributed by atoms with E-state index < -0.39 is 0 Å². The van der Waals surface area contributed by atoms with Crippen LogP contribution in [0.3, 0.4) is 0 Å². The summed E-state index contributed by atoms with van der Waals surface area (Å²) in [6.07, 6.45) is 1.59. The second-order valence-electron chi connectivity index (χ2n) is 6.67. The fraction of sp³-hybridized carbons (Fsp3) is 0.421. The van der Waals surface area contributed by atoms with E-state index in [1.807, 2.05) is 46.1 Å². The lowest BCUT2D eigenvalue weighted by Crippen LogP contribution is -2.35. The number of likely N-dealkylation sites (N-methyl/N-ethyl adjacent to an activating group) is 1. The zero-order valence-corrected chi connectivity index (χ0v) is 15.9. The molecule has 1 aromatic heterocycles. The van der Waals surface area contributed by atoms with Gasteiger partial charge in [-0.05, 0) is 33.5 Å². The monoisotopic (exact) mass is 341 g/mol. The quantitative estimate of drug-likeness (QED) is 0.873. The van der Waals surface area contributed by atoms with E-state index in [1.54, 1.807) is 6.20 Å². The van der Waals surface area contributed by atoms with Crippen molar-refractivity contribution in [3.63, 3.8) is 0 Å². The number of aromatic nitrogens is 2. The van der Waals surface area contributed by atoms with E-state index in [2.05, 4.69) is 45.3 Å². The molecule has 0 aliphatic carbocycles. The molecule has 134 valence electrons. The van der Waals surface area contributed by atoms with Gasteiger partial charge in [-0.25, -0.2) is 9.97 Å². The van der Waals surface area contributed by atoms with Gasteiger partial charge in [-0.1, -0.05) is 29.8 Å². The molecule has 0 bridgehead atoms. The van der Waals surface area contributed by atoms with Crippen molar-refractivity contribution in [3.05, 3.63) is 52.8 Å². The molecule has 2 rings (SSSR count). The summed E-state index contributed by atoms with van der Waals surface area (Å²) in [6, 6.07) is 8.45. The number of benzene rings is 1. The Morgan fingerprint density at radius 3 is 2.48 bits per heavy atom. The zero-order chi connectivity index (χ0) is 18.6. The Hall–Kier alpha value is -2.47. The predicted molar refractivity (Wildman–Crippen MR) is 101 cm³/mol. The van der Waals surface area contributed by atoms with Crippen LogP contribution in [0.15, 0.2) is 30.5 Å². The summed E-state index contributed by atoms with van der Waals surface area (Å²) in [7, 11) is 7.77. The van der Waals surface area contributed by atoms with E-state index in [0.717, 1.165) is 0 Å². The smallest absolute Gasteiger partial charge is 0.254 e. The summed E-state index contributed by atoms with van der Waals surface area (Å²) in [4.78, 5) is 25.1. The highest BCUT2D eigenvalue weighted by Crippen LogP contribution is 2.19. The largest absolute Gasteiger partial charge is 0.350 e. The number of carbonyl (C=O) groups is 1. The topological polar surface area (TPSA) is 61.4 Å². The van der Waals surface area contributed by atoms with Gasteiger partial charge in [0.15, 0.2) is 0 Å². The second kappa shape index (κ2) is 8.07. The number of anilines is 1. The summed E-state index contributed by atoms with van der Waals surface area (Å²) < 4.78 is 0. The maximum atomic E-state index is 12.5. The lowest BCUT2D eigenvalue weighted by atomic mass is 10.0. The van der Waals surface area contributed by atoms with Crippen LogP contribution in [0.1, 0.15) is 33.2 Å². The number of rotatable bonds is 6. The van der Waals surface area contributed by atoms with Crippen molar-refractivity contribution < 1.29 is 4.79 Å². The lowest BCUT2D eigenvalue weighted by molar-refractivity contribution is 0.0940.